The van der Waals surface area contributed by atoms with Crippen molar-refractivity contribution in [2.45, 2.75) is 32.9 Å². The molecule has 0 aliphatic heterocycles. The van der Waals surface area contributed by atoms with Gasteiger partial charge < -0.3 is 10.1 Å². The van der Waals surface area contributed by atoms with Gasteiger partial charge in [-0.3, -0.25) is 9.59 Å². The monoisotopic (exact) mass is 477 g/mol. The predicted octanol–water partition coefficient (Wildman–Crippen LogP) is 5.21. The molecule has 0 bridgehead atoms. The molecular weight excluding hydrogens is 450 g/mol. The standard InChI is InChI=1S/C27H28ClN3O3/c1-19(2)16-25(30-26(32)22-10-12-23(28)13-11-22)27(33)31-29-17-20-8-14-24(15-9-20)34-18-21-6-4-3-5-7-21/h3-15,17,19,25H,16,18H2,1-2H3,(H,30,32)(H,31,33)/b29-17+. The van der Waals surface area contributed by atoms with E-state index in [0.29, 0.717) is 23.6 Å². The van der Waals surface area contributed by atoms with Gasteiger partial charge in [0, 0.05) is 10.6 Å². The van der Waals surface area contributed by atoms with Gasteiger partial charge in [-0.15, -0.1) is 0 Å². The van der Waals surface area contributed by atoms with Crippen molar-refractivity contribution in [1.29, 1.82) is 0 Å². The Hall–Kier alpha value is -3.64. The Balaban J connectivity index is 1.54. The molecule has 7 heteroatoms. The highest BCUT2D eigenvalue weighted by molar-refractivity contribution is 6.30. The van der Waals surface area contributed by atoms with Crippen molar-refractivity contribution in [2.24, 2.45) is 11.0 Å². The van der Waals surface area contributed by atoms with E-state index in [4.69, 9.17) is 16.3 Å². The van der Waals surface area contributed by atoms with E-state index in [9.17, 15) is 9.59 Å². The zero-order valence-corrected chi connectivity index (χ0v) is 20.0. The van der Waals surface area contributed by atoms with Gasteiger partial charge in [-0.2, -0.15) is 5.10 Å². The van der Waals surface area contributed by atoms with Crippen LogP contribution in [-0.2, 0) is 11.4 Å². The maximum Gasteiger partial charge on any atom is 0.262 e. The molecule has 1 unspecified atom stereocenters. The molecule has 0 fully saturated rings. The van der Waals surface area contributed by atoms with E-state index in [1.807, 2.05) is 68.4 Å². The van der Waals surface area contributed by atoms with Crippen LogP contribution in [-0.4, -0.2) is 24.1 Å². The molecule has 0 aromatic heterocycles. The number of nitrogens with zero attached hydrogens (tertiary/aromatic N) is 1. The summed E-state index contributed by atoms with van der Waals surface area (Å²) in [6, 6.07) is 23.1. The Bertz CT molecular complexity index is 1100. The maximum absolute atomic E-state index is 12.7. The SMILES string of the molecule is CC(C)CC(NC(=O)c1ccc(Cl)cc1)C(=O)N/N=C/c1ccc(OCc2ccccc2)cc1. The molecule has 3 aromatic rings. The number of carbonyl (C=O) groups excluding carboxylic acids is 2. The van der Waals surface area contributed by atoms with Gasteiger partial charge in [0.15, 0.2) is 0 Å². The predicted molar refractivity (Wildman–Crippen MR) is 135 cm³/mol. The Labute approximate surface area is 205 Å². The van der Waals surface area contributed by atoms with Crippen LogP contribution in [0.25, 0.3) is 0 Å². The molecule has 3 aromatic carbocycles. The summed E-state index contributed by atoms with van der Waals surface area (Å²) < 4.78 is 5.78. The fourth-order valence-electron chi connectivity index (χ4n) is 3.19. The van der Waals surface area contributed by atoms with Crippen LogP contribution in [0.1, 0.15) is 41.8 Å². The zero-order valence-electron chi connectivity index (χ0n) is 19.2. The van der Waals surface area contributed by atoms with E-state index in [-0.39, 0.29) is 17.7 Å². The Morgan fingerprint density at radius 2 is 1.65 bits per heavy atom. The zero-order chi connectivity index (χ0) is 24.3. The molecule has 2 amide bonds. The van der Waals surface area contributed by atoms with E-state index in [1.165, 1.54) is 0 Å². The normalized spacial score (nSPS) is 11.9. The van der Waals surface area contributed by atoms with E-state index >= 15 is 0 Å². The minimum atomic E-state index is -0.714. The minimum absolute atomic E-state index is 0.202. The van der Waals surface area contributed by atoms with Gasteiger partial charge in [0.1, 0.15) is 18.4 Å². The molecule has 0 radical (unpaired) electrons. The molecule has 0 aliphatic rings. The molecule has 0 aliphatic carbocycles. The first-order valence-corrected chi connectivity index (χ1v) is 11.4. The number of halogens is 1. The van der Waals surface area contributed by atoms with Crippen LogP contribution in [0, 0.1) is 5.92 Å². The van der Waals surface area contributed by atoms with Gasteiger partial charge in [0.25, 0.3) is 11.8 Å². The summed E-state index contributed by atoms with van der Waals surface area (Å²) in [6.45, 7) is 4.46. The molecule has 2 N–H and O–H groups in total. The van der Waals surface area contributed by atoms with Crippen molar-refractivity contribution in [3.05, 3.63) is 101 Å². The summed E-state index contributed by atoms with van der Waals surface area (Å²) >= 11 is 5.88. The van der Waals surface area contributed by atoms with Crippen LogP contribution in [0.15, 0.2) is 84.0 Å². The summed E-state index contributed by atoms with van der Waals surface area (Å²) in [7, 11) is 0. The van der Waals surface area contributed by atoms with Crippen molar-refractivity contribution in [3.8, 4) is 5.75 Å². The first kappa shape index (κ1) is 25.0. The molecule has 1 atom stereocenters. The van der Waals surface area contributed by atoms with Gasteiger partial charge in [-0.25, -0.2) is 5.43 Å². The molecule has 0 saturated heterocycles. The van der Waals surface area contributed by atoms with Gasteiger partial charge in [-0.05, 0) is 72.0 Å². The lowest BCUT2D eigenvalue weighted by atomic mass is 10.0. The quantitative estimate of drug-likeness (QED) is 0.310. The summed E-state index contributed by atoms with van der Waals surface area (Å²) in [5.41, 5.74) is 4.86. The lowest BCUT2D eigenvalue weighted by Crippen LogP contribution is -2.46. The second kappa shape index (κ2) is 12.6. The van der Waals surface area contributed by atoms with Gasteiger partial charge in [0.2, 0.25) is 0 Å². The third-order valence-electron chi connectivity index (χ3n) is 4.95. The largest absolute Gasteiger partial charge is 0.489 e. The molecule has 0 saturated carbocycles. The lowest BCUT2D eigenvalue weighted by molar-refractivity contribution is -0.123. The Morgan fingerprint density at radius 3 is 2.29 bits per heavy atom. The number of benzene rings is 3. The number of ether oxygens (including phenoxy) is 1. The summed E-state index contributed by atoms with van der Waals surface area (Å²) in [6.07, 6.45) is 2.03. The van der Waals surface area contributed by atoms with Gasteiger partial charge in [0.05, 0.1) is 6.21 Å². The van der Waals surface area contributed by atoms with Crippen LogP contribution in [0.4, 0.5) is 0 Å². The highest BCUT2D eigenvalue weighted by Gasteiger charge is 2.22. The number of hydrazone groups is 1. The molecule has 3 rings (SSSR count). The van der Waals surface area contributed by atoms with Crippen molar-refractivity contribution in [3.63, 3.8) is 0 Å². The summed E-state index contributed by atoms with van der Waals surface area (Å²) in [5, 5.41) is 7.37. The number of hydrogen-bond donors (Lipinski definition) is 2. The topological polar surface area (TPSA) is 79.8 Å². The fourth-order valence-corrected chi connectivity index (χ4v) is 3.31. The third-order valence-corrected chi connectivity index (χ3v) is 5.20. The van der Waals surface area contributed by atoms with E-state index < -0.39 is 6.04 Å². The van der Waals surface area contributed by atoms with Crippen LogP contribution < -0.4 is 15.5 Å². The van der Waals surface area contributed by atoms with E-state index in [2.05, 4.69) is 15.8 Å². The number of nitrogens with one attached hydrogen (secondary N) is 2. The number of carbonyl (C=O) groups is 2. The molecular formula is C27H28ClN3O3. The molecule has 176 valence electrons. The van der Waals surface area contributed by atoms with Crippen LogP contribution in [0.2, 0.25) is 5.02 Å². The van der Waals surface area contributed by atoms with E-state index in [0.717, 1.165) is 16.9 Å². The molecule has 6 nitrogen and oxygen atoms in total. The molecule has 34 heavy (non-hydrogen) atoms. The molecule has 0 heterocycles. The number of rotatable bonds is 10. The van der Waals surface area contributed by atoms with Crippen molar-refractivity contribution in [1.82, 2.24) is 10.7 Å². The van der Waals surface area contributed by atoms with Gasteiger partial charge >= 0.3 is 0 Å². The first-order valence-electron chi connectivity index (χ1n) is 11.1. The van der Waals surface area contributed by atoms with E-state index in [1.54, 1.807) is 30.5 Å². The minimum Gasteiger partial charge on any atom is -0.489 e. The smallest absolute Gasteiger partial charge is 0.262 e. The lowest BCUT2D eigenvalue weighted by Gasteiger charge is -2.19. The van der Waals surface area contributed by atoms with Crippen LogP contribution in [0.5, 0.6) is 5.75 Å². The second-order valence-corrected chi connectivity index (χ2v) is 8.68. The maximum atomic E-state index is 12.7. The van der Waals surface area contributed by atoms with Gasteiger partial charge in [-0.1, -0.05) is 55.8 Å². The third kappa shape index (κ3) is 8.05. The summed E-state index contributed by atoms with van der Waals surface area (Å²) in [5.74, 6) is 0.225. The van der Waals surface area contributed by atoms with Crippen molar-refractivity contribution in [2.75, 3.05) is 0 Å². The average Bonchev–Trinajstić information content (AvgIpc) is 2.84. The highest BCUT2D eigenvalue weighted by Crippen LogP contribution is 2.14. The Morgan fingerprint density at radius 1 is 0.971 bits per heavy atom. The second-order valence-electron chi connectivity index (χ2n) is 8.24. The van der Waals surface area contributed by atoms with Crippen LogP contribution >= 0.6 is 11.6 Å². The van der Waals surface area contributed by atoms with Crippen molar-refractivity contribution >= 4 is 29.6 Å². The number of hydrogen-bond acceptors (Lipinski definition) is 4. The first-order chi connectivity index (χ1) is 16.4. The number of amides is 2. The Kier molecular flexibility index (Phi) is 9.23. The fraction of sp³-hybridized carbons (Fsp3) is 0.222. The van der Waals surface area contributed by atoms with Crippen LogP contribution in [0.3, 0.4) is 0 Å². The highest BCUT2D eigenvalue weighted by atomic mass is 35.5. The van der Waals surface area contributed by atoms with Crippen molar-refractivity contribution < 1.29 is 14.3 Å². The summed E-state index contributed by atoms with van der Waals surface area (Å²) in [4.78, 5) is 25.2. The average molecular weight is 478 g/mol. The molecule has 0 spiro atoms.